The highest BCUT2D eigenvalue weighted by atomic mass is 32.2. The molecule has 0 bridgehead atoms. The SMILES string of the molecule is Cc1ccc(N)c(SCCC(=O)ONN)c1. The highest BCUT2D eigenvalue weighted by Crippen LogP contribution is 2.26. The second kappa shape index (κ2) is 6.37. The Balaban J connectivity index is 2.42. The van der Waals surface area contributed by atoms with E-state index in [-0.39, 0.29) is 12.4 Å². The fraction of sp³-hybridized carbons (Fsp3) is 0.300. The van der Waals surface area contributed by atoms with Crippen LogP contribution in [0.2, 0.25) is 0 Å². The maximum Gasteiger partial charge on any atom is 0.327 e. The third-order valence-corrected chi connectivity index (χ3v) is 2.98. The predicted octanol–water partition coefficient (Wildman–Crippen LogP) is 0.981. The highest BCUT2D eigenvalue weighted by molar-refractivity contribution is 7.99. The first-order valence-electron chi connectivity index (χ1n) is 4.77. The Morgan fingerprint density at radius 3 is 3.00 bits per heavy atom. The summed E-state index contributed by atoms with van der Waals surface area (Å²) in [5, 5.41) is 0. The third kappa shape index (κ3) is 4.09. The number of hydrazine groups is 1. The summed E-state index contributed by atoms with van der Waals surface area (Å²) < 4.78 is 0. The van der Waals surface area contributed by atoms with Crippen LogP contribution in [-0.4, -0.2) is 11.7 Å². The molecule has 0 radical (unpaired) electrons. The van der Waals surface area contributed by atoms with Gasteiger partial charge in [-0.3, -0.25) is 4.79 Å². The fourth-order valence-electron chi connectivity index (χ4n) is 1.13. The van der Waals surface area contributed by atoms with Gasteiger partial charge < -0.3 is 10.6 Å². The Morgan fingerprint density at radius 1 is 1.56 bits per heavy atom. The van der Waals surface area contributed by atoms with Gasteiger partial charge in [-0.25, -0.2) is 5.84 Å². The van der Waals surface area contributed by atoms with Crippen molar-refractivity contribution in [2.45, 2.75) is 18.2 Å². The lowest BCUT2D eigenvalue weighted by Gasteiger charge is -2.06. The number of rotatable bonds is 5. The van der Waals surface area contributed by atoms with Gasteiger partial charge in [-0.05, 0) is 24.6 Å². The van der Waals surface area contributed by atoms with Crippen LogP contribution in [0.3, 0.4) is 0 Å². The van der Waals surface area contributed by atoms with Gasteiger partial charge in [0.2, 0.25) is 0 Å². The molecule has 5 nitrogen and oxygen atoms in total. The summed E-state index contributed by atoms with van der Waals surface area (Å²) >= 11 is 1.52. The van der Waals surface area contributed by atoms with E-state index < -0.39 is 0 Å². The van der Waals surface area contributed by atoms with Crippen molar-refractivity contribution < 1.29 is 9.63 Å². The zero-order chi connectivity index (χ0) is 12.0. The molecule has 0 aromatic heterocycles. The van der Waals surface area contributed by atoms with Crippen LogP contribution < -0.4 is 17.2 Å². The van der Waals surface area contributed by atoms with Crippen molar-refractivity contribution in [3.63, 3.8) is 0 Å². The Morgan fingerprint density at radius 2 is 2.31 bits per heavy atom. The molecule has 1 aromatic rings. The molecule has 0 heterocycles. The number of hydrogen-bond donors (Lipinski definition) is 3. The quantitative estimate of drug-likeness (QED) is 0.308. The van der Waals surface area contributed by atoms with E-state index in [1.807, 2.05) is 30.7 Å². The smallest absolute Gasteiger partial charge is 0.327 e. The average Bonchev–Trinajstić information content (AvgIpc) is 2.23. The largest absolute Gasteiger partial charge is 0.398 e. The zero-order valence-corrected chi connectivity index (χ0v) is 9.84. The van der Waals surface area contributed by atoms with E-state index in [1.54, 1.807) is 0 Å². The molecule has 0 aliphatic rings. The lowest BCUT2D eigenvalue weighted by molar-refractivity contribution is -0.150. The van der Waals surface area contributed by atoms with Gasteiger partial charge in [-0.15, -0.1) is 11.8 Å². The van der Waals surface area contributed by atoms with Gasteiger partial charge in [0.1, 0.15) is 0 Å². The summed E-state index contributed by atoms with van der Waals surface area (Å²) in [5.74, 6) is 5.05. The van der Waals surface area contributed by atoms with Crippen molar-refractivity contribution in [1.29, 1.82) is 0 Å². The summed E-state index contributed by atoms with van der Waals surface area (Å²) in [6.07, 6.45) is 0.280. The van der Waals surface area contributed by atoms with Gasteiger partial charge in [0.25, 0.3) is 0 Å². The van der Waals surface area contributed by atoms with E-state index in [4.69, 9.17) is 11.6 Å². The molecule has 0 unspecified atom stereocenters. The lowest BCUT2D eigenvalue weighted by atomic mass is 10.2. The number of hydrogen-bond acceptors (Lipinski definition) is 6. The molecule has 0 saturated carbocycles. The first kappa shape index (κ1) is 12.8. The third-order valence-electron chi connectivity index (χ3n) is 1.91. The second-order valence-electron chi connectivity index (χ2n) is 3.23. The van der Waals surface area contributed by atoms with Gasteiger partial charge in [0, 0.05) is 16.3 Å². The molecule has 1 rings (SSSR count). The first-order chi connectivity index (χ1) is 7.63. The summed E-state index contributed by atoms with van der Waals surface area (Å²) in [7, 11) is 0. The normalized spacial score (nSPS) is 10.1. The van der Waals surface area contributed by atoms with Crippen LogP contribution in [0.1, 0.15) is 12.0 Å². The Kier molecular flexibility index (Phi) is 5.10. The summed E-state index contributed by atoms with van der Waals surface area (Å²) in [5.41, 5.74) is 9.51. The predicted molar refractivity (Wildman–Crippen MR) is 64.3 cm³/mol. The number of nitrogens with two attached hydrogens (primary N) is 2. The van der Waals surface area contributed by atoms with Gasteiger partial charge in [0.05, 0.1) is 6.42 Å². The second-order valence-corrected chi connectivity index (χ2v) is 4.37. The van der Waals surface area contributed by atoms with Gasteiger partial charge >= 0.3 is 5.97 Å². The van der Waals surface area contributed by atoms with Crippen LogP contribution in [0.5, 0.6) is 0 Å². The average molecular weight is 241 g/mol. The van der Waals surface area contributed by atoms with Crippen LogP contribution in [0.25, 0.3) is 0 Å². The minimum Gasteiger partial charge on any atom is -0.398 e. The standard InChI is InChI=1S/C10H15N3O2S/c1-7-2-3-8(11)9(6-7)16-5-4-10(14)15-13-12/h2-3,6,13H,4-5,11-12H2,1H3. The molecule has 0 amide bonds. The lowest BCUT2D eigenvalue weighted by Crippen LogP contribution is -2.26. The Hall–Kier alpha value is -1.24. The molecule has 0 aliphatic heterocycles. The van der Waals surface area contributed by atoms with Crippen LogP contribution in [0.15, 0.2) is 23.1 Å². The number of anilines is 1. The number of carbonyl (C=O) groups is 1. The van der Waals surface area contributed by atoms with E-state index in [2.05, 4.69) is 4.84 Å². The van der Waals surface area contributed by atoms with Crippen molar-refractivity contribution in [2.75, 3.05) is 11.5 Å². The van der Waals surface area contributed by atoms with Gasteiger partial charge in [0.15, 0.2) is 0 Å². The van der Waals surface area contributed by atoms with Crippen LogP contribution >= 0.6 is 11.8 Å². The Bertz CT molecular complexity index is 371. The van der Waals surface area contributed by atoms with Crippen molar-refractivity contribution in [2.24, 2.45) is 5.84 Å². The molecule has 16 heavy (non-hydrogen) atoms. The first-order valence-corrected chi connectivity index (χ1v) is 5.76. The van der Waals surface area contributed by atoms with Gasteiger partial charge in [-0.1, -0.05) is 11.7 Å². The number of carbonyl (C=O) groups excluding carboxylic acids is 1. The van der Waals surface area contributed by atoms with E-state index in [0.29, 0.717) is 5.75 Å². The molecule has 1 aromatic carbocycles. The maximum absolute atomic E-state index is 11.0. The minimum absolute atomic E-state index is 0.280. The topological polar surface area (TPSA) is 90.4 Å². The van der Waals surface area contributed by atoms with Crippen molar-refractivity contribution in [1.82, 2.24) is 5.59 Å². The number of thioether (sulfide) groups is 1. The molecule has 0 fully saturated rings. The number of nitrogens with one attached hydrogen (secondary N) is 1. The number of nitrogen functional groups attached to an aromatic ring is 1. The van der Waals surface area contributed by atoms with Crippen molar-refractivity contribution in [3.05, 3.63) is 23.8 Å². The van der Waals surface area contributed by atoms with Gasteiger partial charge in [-0.2, -0.15) is 0 Å². The van der Waals surface area contributed by atoms with E-state index >= 15 is 0 Å². The number of benzene rings is 1. The zero-order valence-electron chi connectivity index (χ0n) is 9.03. The van der Waals surface area contributed by atoms with Crippen LogP contribution in [-0.2, 0) is 9.63 Å². The molecular formula is C10H15N3O2S. The van der Waals surface area contributed by atoms with Crippen LogP contribution in [0.4, 0.5) is 5.69 Å². The molecule has 0 spiro atoms. The van der Waals surface area contributed by atoms with Crippen molar-refractivity contribution >= 4 is 23.4 Å². The molecule has 88 valence electrons. The van der Waals surface area contributed by atoms with Crippen LogP contribution in [0, 0.1) is 6.92 Å². The fourth-order valence-corrected chi connectivity index (χ4v) is 2.12. The highest BCUT2D eigenvalue weighted by Gasteiger charge is 2.04. The molecule has 0 atom stereocenters. The molecule has 0 saturated heterocycles. The molecule has 5 N–H and O–H groups in total. The van der Waals surface area contributed by atoms with E-state index in [0.717, 1.165) is 16.1 Å². The maximum atomic E-state index is 11.0. The summed E-state index contributed by atoms with van der Waals surface area (Å²) in [4.78, 5) is 16.3. The van der Waals surface area contributed by atoms with Crippen molar-refractivity contribution in [3.8, 4) is 0 Å². The number of aryl methyl sites for hydroxylation is 1. The van der Waals surface area contributed by atoms with E-state index in [9.17, 15) is 4.79 Å². The summed E-state index contributed by atoms with van der Waals surface area (Å²) in [6.45, 7) is 2.00. The minimum atomic E-state index is -0.388. The molecular weight excluding hydrogens is 226 g/mol. The molecule has 6 heteroatoms. The molecule has 0 aliphatic carbocycles. The monoisotopic (exact) mass is 241 g/mol. The Labute approximate surface area is 98.4 Å². The summed E-state index contributed by atoms with van der Waals surface area (Å²) in [6, 6.07) is 5.80. The van der Waals surface area contributed by atoms with E-state index in [1.165, 1.54) is 11.8 Å².